The molecule has 5 rings (SSSR count). The molecule has 35 heavy (non-hydrogen) atoms. The molecule has 3 heterocycles. The van der Waals surface area contributed by atoms with Crippen molar-refractivity contribution in [2.24, 2.45) is 0 Å². The van der Waals surface area contributed by atoms with Crippen LogP contribution in [0.5, 0.6) is 0 Å². The smallest absolute Gasteiger partial charge is 0.335 e. The van der Waals surface area contributed by atoms with Crippen molar-refractivity contribution < 1.29 is 18.0 Å². The summed E-state index contributed by atoms with van der Waals surface area (Å²) in [6.45, 7) is 3.09. The zero-order chi connectivity index (χ0) is 24.6. The van der Waals surface area contributed by atoms with Crippen LogP contribution in [-0.4, -0.2) is 56.5 Å². The summed E-state index contributed by atoms with van der Waals surface area (Å²) in [5.74, 6) is -0.395. The minimum absolute atomic E-state index is 0.0243. The van der Waals surface area contributed by atoms with Gasteiger partial charge in [0.2, 0.25) is 0 Å². The highest BCUT2D eigenvalue weighted by Crippen LogP contribution is 2.32. The lowest BCUT2D eigenvalue weighted by molar-refractivity contribution is -0.142. The van der Waals surface area contributed by atoms with Crippen molar-refractivity contribution in [1.29, 1.82) is 0 Å². The van der Waals surface area contributed by atoms with Crippen LogP contribution in [0, 0.1) is 0 Å². The van der Waals surface area contributed by atoms with E-state index in [4.69, 9.17) is 0 Å². The third kappa shape index (κ3) is 5.08. The number of fused-ring (bicyclic) bond motifs is 1. The maximum atomic E-state index is 13.9. The van der Waals surface area contributed by atoms with Crippen LogP contribution in [0.3, 0.4) is 0 Å². The Morgan fingerprint density at radius 3 is 2.29 bits per heavy atom. The molecule has 0 spiro atoms. The quantitative estimate of drug-likeness (QED) is 0.358. The summed E-state index contributed by atoms with van der Waals surface area (Å²) in [5, 5.41) is 4.01. The molecular weight excluding hydrogens is 523 g/mol. The summed E-state index contributed by atoms with van der Waals surface area (Å²) in [6.07, 6.45) is -4.67. The molecule has 0 N–H and O–H groups in total. The van der Waals surface area contributed by atoms with Crippen LogP contribution in [0.15, 0.2) is 71.2 Å². The zero-order valence-electron chi connectivity index (χ0n) is 18.5. The fourth-order valence-corrected chi connectivity index (χ4v) is 4.43. The first-order chi connectivity index (χ1) is 16.8. The van der Waals surface area contributed by atoms with Crippen molar-refractivity contribution in [3.8, 4) is 11.3 Å². The van der Waals surface area contributed by atoms with Gasteiger partial charge in [-0.25, -0.2) is 9.50 Å². The molecule has 2 aromatic heterocycles. The number of amides is 1. The Balaban J connectivity index is 1.39. The average molecular weight is 544 g/mol. The van der Waals surface area contributed by atoms with Crippen LogP contribution in [0.1, 0.15) is 21.7 Å². The Bertz CT molecular complexity index is 1350. The van der Waals surface area contributed by atoms with Crippen molar-refractivity contribution >= 4 is 27.5 Å². The van der Waals surface area contributed by atoms with E-state index in [0.29, 0.717) is 36.3 Å². The van der Waals surface area contributed by atoms with Crippen LogP contribution in [0.2, 0.25) is 0 Å². The van der Waals surface area contributed by atoms with Crippen LogP contribution in [0.25, 0.3) is 16.9 Å². The molecule has 1 fully saturated rings. The second kappa shape index (κ2) is 9.43. The first-order valence-electron chi connectivity index (χ1n) is 11.1. The van der Waals surface area contributed by atoms with Crippen molar-refractivity contribution in [3.63, 3.8) is 0 Å². The lowest BCUT2D eigenvalue weighted by Crippen LogP contribution is -2.48. The molecule has 0 aliphatic carbocycles. The lowest BCUT2D eigenvalue weighted by atomic mass is 10.1. The standard InChI is InChI=1S/C25H21BrF3N5O/c26-19-8-6-18(7-9-19)20-14-22(25(27,28)29)34-23(30-20)15-21(31-34)24(35)33-12-10-32(11-13-33)16-17-4-2-1-3-5-17/h1-9,14-15H,10-13,16H2. The Hall–Kier alpha value is -3.24. The fourth-order valence-electron chi connectivity index (χ4n) is 4.16. The van der Waals surface area contributed by atoms with Gasteiger partial charge in [-0.1, -0.05) is 58.4 Å². The van der Waals surface area contributed by atoms with E-state index < -0.39 is 17.8 Å². The molecule has 0 atom stereocenters. The second-order valence-electron chi connectivity index (χ2n) is 8.38. The molecule has 0 unspecified atom stereocenters. The predicted octanol–water partition coefficient (Wildman–Crippen LogP) is 5.14. The summed E-state index contributed by atoms with van der Waals surface area (Å²) in [4.78, 5) is 21.3. The van der Waals surface area contributed by atoms with Gasteiger partial charge in [0.15, 0.2) is 17.0 Å². The van der Waals surface area contributed by atoms with Crippen LogP contribution in [-0.2, 0) is 12.7 Å². The van der Waals surface area contributed by atoms with Crippen LogP contribution >= 0.6 is 15.9 Å². The minimum Gasteiger partial charge on any atom is -0.335 e. The lowest BCUT2D eigenvalue weighted by Gasteiger charge is -2.34. The minimum atomic E-state index is -4.67. The zero-order valence-corrected chi connectivity index (χ0v) is 20.1. The number of carbonyl (C=O) groups is 1. The normalized spacial score (nSPS) is 15.0. The first kappa shape index (κ1) is 23.5. The largest absolute Gasteiger partial charge is 0.433 e. The number of halogens is 4. The van der Waals surface area contributed by atoms with E-state index in [1.54, 1.807) is 29.2 Å². The van der Waals surface area contributed by atoms with Crippen molar-refractivity contribution in [1.82, 2.24) is 24.4 Å². The van der Waals surface area contributed by atoms with Gasteiger partial charge < -0.3 is 4.90 Å². The van der Waals surface area contributed by atoms with Gasteiger partial charge in [-0.2, -0.15) is 18.3 Å². The van der Waals surface area contributed by atoms with E-state index in [1.807, 2.05) is 18.2 Å². The highest BCUT2D eigenvalue weighted by atomic mass is 79.9. The fraction of sp³-hybridized carbons (Fsp3) is 0.240. The highest BCUT2D eigenvalue weighted by molar-refractivity contribution is 9.10. The first-order valence-corrected chi connectivity index (χ1v) is 11.9. The van der Waals surface area contributed by atoms with Crippen LogP contribution < -0.4 is 0 Å². The number of piperazine rings is 1. The molecule has 1 amide bonds. The van der Waals surface area contributed by atoms with Gasteiger partial charge in [-0.05, 0) is 23.8 Å². The molecule has 0 bridgehead atoms. The molecule has 0 radical (unpaired) electrons. The highest BCUT2D eigenvalue weighted by Gasteiger charge is 2.36. The molecule has 2 aromatic carbocycles. The third-order valence-electron chi connectivity index (χ3n) is 5.99. The van der Waals surface area contributed by atoms with Gasteiger partial charge in [0.05, 0.1) is 5.69 Å². The summed E-state index contributed by atoms with van der Waals surface area (Å²) in [5.41, 5.74) is 0.832. The average Bonchev–Trinajstić information content (AvgIpc) is 3.28. The number of hydrogen-bond acceptors (Lipinski definition) is 4. The molecule has 180 valence electrons. The molecule has 1 saturated heterocycles. The number of benzene rings is 2. The molecule has 1 aliphatic heterocycles. The van der Waals surface area contributed by atoms with Crippen molar-refractivity contribution in [2.75, 3.05) is 26.2 Å². The monoisotopic (exact) mass is 543 g/mol. The Kier molecular flexibility index (Phi) is 6.33. The SMILES string of the molecule is O=C(c1cc2nc(-c3ccc(Br)cc3)cc(C(F)(F)F)n2n1)N1CCN(Cc2ccccc2)CC1. The van der Waals surface area contributed by atoms with Gasteiger partial charge in [0, 0.05) is 48.8 Å². The van der Waals surface area contributed by atoms with E-state index in [0.717, 1.165) is 17.1 Å². The maximum Gasteiger partial charge on any atom is 0.433 e. The Labute approximate surface area is 208 Å². The van der Waals surface area contributed by atoms with E-state index in [2.05, 4.69) is 43.0 Å². The van der Waals surface area contributed by atoms with Gasteiger partial charge in [-0.15, -0.1) is 0 Å². The van der Waals surface area contributed by atoms with E-state index in [9.17, 15) is 18.0 Å². The topological polar surface area (TPSA) is 53.7 Å². The van der Waals surface area contributed by atoms with Gasteiger partial charge in [-0.3, -0.25) is 9.69 Å². The van der Waals surface area contributed by atoms with Gasteiger partial charge >= 0.3 is 6.18 Å². The maximum absolute atomic E-state index is 13.9. The number of alkyl halides is 3. The third-order valence-corrected chi connectivity index (χ3v) is 6.51. The second-order valence-corrected chi connectivity index (χ2v) is 9.30. The Morgan fingerprint density at radius 1 is 0.943 bits per heavy atom. The number of rotatable bonds is 4. The summed E-state index contributed by atoms with van der Waals surface area (Å²) < 4.78 is 43.1. The van der Waals surface area contributed by atoms with E-state index in [1.165, 1.54) is 11.6 Å². The predicted molar refractivity (Wildman–Crippen MR) is 129 cm³/mol. The number of carbonyl (C=O) groups excluding carboxylic acids is 1. The van der Waals surface area contributed by atoms with Crippen molar-refractivity contribution in [2.45, 2.75) is 12.7 Å². The molecule has 6 nitrogen and oxygen atoms in total. The summed E-state index contributed by atoms with van der Waals surface area (Å²) in [6, 6.07) is 19.2. The summed E-state index contributed by atoms with van der Waals surface area (Å²) in [7, 11) is 0. The molecule has 4 aromatic rings. The van der Waals surface area contributed by atoms with Crippen LogP contribution in [0.4, 0.5) is 13.2 Å². The molecule has 1 aliphatic rings. The van der Waals surface area contributed by atoms with Gasteiger partial charge in [0.25, 0.3) is 5.91 Å². The number of hydrogen-bond donors (Lipinski definition) is 0. The number of nitrogens with zero attached hydrogens (tertiary/aromatic N) is 5. The van der Waals surface area contributed by atoms with Crippen molar-refractivity contribution in [3.05, 3.63) is 88.2 Å². The Morgan fingerprint density at radius 2 is 1.63 bits per heavy atom. The molecule has 10 heteroatoms. The summed E-state index contributed by atoms with van der Waals surface area (Å²) >= 11 is 3.32. The number of aromatic nitrogens is 3. The van der Waals surface area contributed by atoms with Gasteiger partial charge in [0.1, 0.15) is 0 Å². The molecule has 0 saturated carbocycles. The van der Waals surface area contributed by atoms with E-state index >= 15 is 0 Å². The van der Waals surface area contributed by atoms with E-state index in [-0.39, 0.29) is 17.0 Å². The molecular formula is C25H21BrF3N5O.